The van der Waals surface area contributed by atoms with Crippen molar-refractivity contribution in [3.8, 4) is 0 Å². The second-order valence-electron chi connectivity index (χ2n) is 0. The molecule has 0 saturated heterocycles. The minimum atomic E-state index is 0. The van der Waals surface area contributed by atoms with E-state index in [1.54, 1.807) is 0 Å². The van der Waals surface area contributed by atoms with Crippen LogP contribution < -0.4 is 0 Å². The molecule has 0 fully saturated rings. The summed E-state index contributed by atoms with van der Waals surface area (Å²) < 4.78 is 0. The van der Waals surface area contributed by atoms with Crippen LogP contribution in [0.1, 0.15) is 0 Å². The molecule has 25 valence electrons. The van der Waals surface area contributed by atoms with Gasteiger partial charge in [0.2, 0.25) is 0 Å². The summed E-state index contributed by atoms with van der Waals surface area (Å²) in [5.41, 5.74) is 0. The molecule has 4 heteroatoms. The molecule has 0 N–H and O–H groups in total. The zero-order valence-electron chi connectivity index (χ0n) is 1.59. The van der Waals surface area contributed by atoms with Crippen LogP contribution in [0.5, 0.6) is 0 Å². The molecule has 0 unspecified atom stereocenters. The van der Waals surface area contributed by atoms with Gasteiger partial charge in [0, 0.05) is 17.1 Å². The van der Waals surface area contributed by atoms with Crippen LogP contribution >= 0.6 is 13.5 Å². The van der Waals surface area contributed by atoms with Crippen molar-refractivity contribution in [2.45, 2.75) is 0 Å². The van der Waals surface area contributed by atoms with E-state index in [0.29, 0.717) is 0 Å². The van der Waals surface area contributed by atoms with Gasteiger partial charge in [0.1, 0.15) is 0 Å². The van der Waals surface area contributed by atoms with E-state index in [2.05, 4.69) is 0 Å². The van der Waals surface area contributed by atoms with Gasteiger partial charge < -0.3 is 0 Å². The number of hydrogen-bond acceptors (Lipinski definition) is 0. The molecule has 0 aromatic rings. The van der Waals surface area contributed by atoms with Crippen molar-refractivity contribution in [3.63, 3.8) is 0 Å². The summed E-state index contributed by atoms with van der Waals surface area (Å²) >= 11 is 0. The van der Waals surface area contributed by atoms with Crippen molar-refractivity contribution in [1.29, 1.82) is 0 Å². The van der Waals surface area contributed by atoms with Gasteiger partial charge in [-0.25, -0.2) is 0 Å². The summed E-state index contributed by atoms with van der Waals surface area (Å²) in [6.07, 6.45) is 0. The molecule has 0 aromatic heterocycles. The summed E-state index contributed by atoms with van der Waals surface area (Å²) in [6, 6.07) is 0. The second kappa shape index (κ2) is 16.4. The first kappa shape index (κ1) is 27.3. The summed E-state index contributed by atoms with van der Waals surface area (Å²) in [4.78, 5) is 0. The van der Waals surface area contributed by atoms with E-state index in [4.69, 9.17) is 0 Å². The topological polar surface area (TPSA) is 0 Å². The van der Waals surface area contributed by atoms with Crippen LogP contribution in [-0.2, 0) is 17.1 Å². The Balaban J connectivity index is 0. The van der Waals surface area contributed by atoms with Crippen LogP contribution in [-0.4, -0.2) is 69.4 Å². The average molecular weight is 299 g/mol. The van der Waals surface area contributed by atoms with Crippen molar-refractivity contribution >= 4 is 82.9 Å². The van der Waals surface area contributed by atoms with Gasteiger partial charge in [0.25, 0.3) is 0 Å². The molecule has 0 nitrogen and oxygen atoms in total. The molecule has 0 aromatic carbocycles. The van der Waals surface area contributed by atoms with Crippen LogP contribution in [0.25, 0.3) is 0 Å². The van der Waals surface area contributed by atoms with E-state index in [-0.39, 0.29) is 100.0 Å². The van der Waals surface area contributed by atoms with Gasteiger partial charge in [0.15, 0.2) is 0 Å². The standard InChI is InChI=1S/Mn.H2S.Sn.Sr.4H/h;1H2;;;;;;. The zero-order valence-corrected chi connectivity index (χ0v) is 7.80. The zero-order chi connectivity index (χ0) is 0. The van der Waals surface area contributed by atoms with Crippen molar-refractivity contribution in [2.24, 2.45) is 0 Å². The Bertz CT molecular complexity index is 8.00. The summed E-state index contributed by atoms with van der Waals surface area (Å²) in [6.45, 7) is 0. The predicted molar refractivity (Wildman–Crippen MR) is 27.5 cm³/mol. The maximum atomic E-state index is 0. The molecule has 0 heterocycles. The normalized spacial score (nSPS) is 0. The molecule has 0 saturated carbocycles. The molecule has 0 aliphatic carbocycles. The molecular weight excluding hydrogens is 293 g/mol. The Hall–Kier alpha value is 3.15. The van der Waals surface area contributed by atoms with Gasteiger partial charge >= 0.3 is 69.4 Å². The minimum absolute atomic E-state index is 0. The van der Waals surface area contributed by atoms with Gasteiger partial charge in [-0.05, 0) is 0 Å². The molecule has 0 rings (SSSR count). The van der Waals surface area contributed by atoms with Crippen molar-refractivity contribution in [1.82, 2.24) is 0 Å². The van der Waals surface area contributed by atoms with Crippen LogP contribution in [0.2, 0.25) is 0 Å². The molecule has 0 aliphatic heterocycles. The van der Waals surface area contributed by atoms with E-state index in [1.165, 1.54) is 0 Å². The SMILES string of the molecule is S.[Mn].[SnH2].[SrH2]. The van der Waals surface area contributed by atoms with Gasteiger partial charge in [0.05, 0.1) is 0 Å². The first-order chi connectivity index (χ1) is 0. The van der Waals surface area contributed by atoms with Gasteiger partial charge in [-0.1, -0.05) is 0 Å². The van der Waals surface area contributed by atoms with Crippen LogP contribution in [0.3, 0.4) is 0 Å². The Morgan fingerprint density at radius 1 is 1.00 bits per heavy atom. The van der Waals surface area contributed by atoms with Gasteiger partial charge in [-0.3, -0.25) is 0 Å². The maximum absolute atomic E-state index is 0. The Morgan fingerprint density at radius 3 is 1.00 bits per heavy atom. The molecule has 3 radical (unpaired) electrons. The second-order valence-corrected chi connectivity index (χ2v) is 0. The molecule has 0 atom stereocenters. The van der Waals surface area contributed by atoms with Gasteiger partial charge in [-0.2, -0.15) is 13.5 Å². The van der Waals surface area contributed by atoms with Crippen LogP contribution in [0.15, 0.2) is 0 Å². The molecule has 0 aliphatic rings. The average Bonchev–Trinajstić information content (AvgIpc) is 0. The van der Waals surface area contributed by atoms with E-state index in [0.717, 1.165) is 0 Å². The number of hydrogen-bond donors (Lipinski definition) is 0. The fourth-order valence-electron chi connectivity index (χ4n) is 0. The molecule has 4 heavy (non-hydrogen) atoms. The molecule has 0 amide bonds. The third kappa shape index (κ3) is 8.94. The predicted octanol–water partition coefficient (Wildman–Crippen LogP) is -1.72. The first-order valence-corrected chi connectivity index (χ1v) is 0. The molecular formula is H6MnSSnSr. The van der Waals surface area contributed by atoms with Crippen molar-refractivity contribution in [3.05, 3.63) is 0 Å². The third-order valence-electron chi connectivity index (χ3n) is 0. The van der Waals surface area contributed by atoms with Crippen LogP contribution in [0.4, 0.5) is 0 Å². The van der Waals surface area contributed by atoms with Gasteiger partial charge in [-0.15, -0.1) is 0 Å². The van der Waals surface area contributed by atoms with E-state index in [1.807, 2.05) is 0 Å². The van der Waals surface area contributed by atoms with Crippen LogP contribution in [0, 0.1) is 0 Å². The Morgan fingerprint density at radius 2 is 1.00 bits per heavy atom. The number of rotatable bonds is 0. The Labute approximate surface area is 97.6 Å². The summed E-state index contributed by atoms with van der Waals surface area (Å²) in [7, 11) is 0. The monoisotopic (exact) mass is 301 g/mol. The van der Waals surface area contributed by atoms with E-state index in [9.17, 15) is 0 Å². The summed E-state index contributed by atoms with van der Waals surface area (Å²) in [5, 5.41) is 0. The first-order valence-electron chi connectivity index (χ1n) is 0. The Kier molecular flexibility index (Phi) is 112. The van der Waals surface area contributed by atoms with Crippen molar-refractivity contribution in [2.75, 3.05) is 0 Å². The molecule has 0 bridgehead atoms. The van der Waals surface area contributed by atoms with Crippen molar-refractivity contribution < 1.29 is 17.1 Å². The fraction of sp³-hybridized carbons (Fsp3) is 0. The summed E-state index contributed by atoms with van der Waals surface area (Å²) in [5.74, 6) is 0. The molecule has 0 spiro atoms. The fourth-order valence-corrected chi connectivity index (χ4v) is 0. The van der Waals surface area contributed by atoms with E-state index >= 15 is 0 Å². The van der Waals surface area contributed by atoms with E-state index < -0.39 is 0 Å². The quantitative estimate of drug-likeness (QED) is 0.467. The third-order valence-corrected chi connectivity index (χ3v) is 0.